The number of esters is 1. The van der Waals surface area contributed by atoms with Gasteiger partial charge in [0.2, 0.25) is 0 Å². The minimum absolute atomic E-state index is 0.00412. The maximum Gasteiger partial charge on any atom is 0.338 e. The number of nitrogens with one attached hydrogen (secondary N) is 1. The summed E-state index contributed by atoms with van der Waals surface area (Å²) in [5.41, 5.74) is -0.112. The molecule has 138 valence electrons. The highest BCUT2D eigenvalue weighted by Gasteiger charge is 2.19. The second-order valence-electron chi connectivity index (χ2n) is 6.16. The van der Waals surface area contributed by atoms with Crippen molar-refractivity contribution in [2.24, 2.45) is 5.92 Å². The van der Waals surface area contributed by atoms with Crippen LogP contribution in [-0.4, -0.2) is 35.7 Å². The fourth-order valence-electron chi connectivity index (χ4n) is 2.15. The van der Waals surface area contributed by atoms with Gasteiger partial charge in [0.25, 0.3) is 11.6 Å². The van der Waals surface area contributed by atoms with E-state index in [-0.39, 0.29) is 23.2 Å². The smallest absolute Gasteiger partial charge is 0.338 e. The highest BCUT2D eigenvalue weighted by atomic mass is 32.2. The van der Waals surface area contributed by atoms with Crippen LogP contribution in [0.1, 0.15) is 44.0 Å². The van der Waals surface area contributed by atoms with Gasteiger partial charge in [-0.05, 0) is 44.1 Å². The summed E-state index contributed by atoms with van der Waals surface area (Å²) in [6, 6.07) is 4.10. The van der Waals surface area contributed by atoms with Crippen LogP contribution in [0.5, 0.6) is 0 Å². The standard InChI is InChI=1S/C17H24N2O5S/c1-11(2)5-6-12(3)18-16(20)10-24-17(21)13-7-8-15(25-4)14(9-13)19(22)23/h7-9,11-12H,5-6,10H2,1-4H3,(H,18,20)/t12-/m0/s1. The Kier molecular flexibility index (Phi) is 8.40. The van der Waals surface area contributed by atoms with Crippen molar-refractivity contribution in [1.82, 2.24) is 5.32 Å². The molecule has 0 unspecified atom stereocenters. The number of benzene rings is 1. The highest BCUT2D eigenvalue weighted by molar-refractivity contribution is 7.98. The minimum Gasteiger partial charge on any atom is -0.452 e. The van der Waals surface area contributed by atoms with Gasteiger partial charge in [-0.1, -0.05) is 13.8 Å². The Morgan fingerprint density at radius 2 is 1.96 bits per heavy atom. The third-order valence-corrected chi connectivity index (χ3v) is 4.32. The van der Waals surface area contributed by atoms with Crippen LogP contribution in [0.4, 0.5) is 5.69 Å². The van der Waals surface area contributed by atoms with Crippen molar-refractivity contribution >= 4 is 29.3 Å². The van der Waals surface area contributed by atoms with E-state index in [1.807, 2.05) is 6.92 Å². The van der Waals surface area contributed by atoms with Gasteiger partial charge in [0, 0.05) is 12.1 Å². The molecule has 0 aliphatic heterocycles. The molecule has 1 aromatic carbocycles. The zero-order chi connectivity index (χ0) is 19.0. The summed E-state index contributed by atoms with van der Waals surface area (Å²) in [4.78, 5) is 34.7. The van der Waals surface area contributed by atoms with E-state index in [4.69, 9.17) is 4.74 Å². The summed E-state index contributed by atoms with van der Waals surface area (Å²) >= 11 is 1.22. The van der Waals surface area contributed by atoms with E-state index in [0.29, 0.717) is 10.8 Å². The second kappa shape index (κ2) is 10.0. The number of carbonyl (C=O) groups is 2. The number of carbonyl (C=O) groups excluding carboxylic acids is 2. The molecule has 0 saturated carbocycles. The van der Waals surface area contributed by atoms with Gasteiger partial charge < -0.3 is 10.1 Å². The zero-order valence-corrected chi connectivity index (χ0v) is 15.7. The molecule has 0 bridgehead atoms. The average molecular weight is 368 g/mol. The van der Waals surface area contributed by atoms with Gasteiger partial charge in [-0.15, -0.1) is 11.8 Å². The van der Waals surface area contributed by atoms with E-state index >= 15 is 0 Å². The van der Waals surface area contributed by atoms with Crippen molar-refractivity contribution in [1.29, 1.82) is 0 Å². The van der Waals surface area contributed by atoms with Crippen LogP contribution < -0.4 is 5.32 Å². The first kappa shape index (κ1) is 21.0. The molecule has 7 nitrogen and oxygen atoms in total. The molecule has 25 heavy (non-hydrogen) atoms. The van der Waals surface area contributed by atoms with Crippen molar-refractivity contribution in [3.8, 4) is 0 Å². The van der Waals surface area contributed by atoms with Gasteiger partial charge in [-0.25, -0.2) is 4.79 Å². The number of rotatable bonds is 9. The number of hydrogen-bond donors (Lipinski definition) is 1. The molecule has 1 amide bonds. The molecule has 0 spiro atoms. The lowest BCUT2D eigenvalue weighted by atomic mass is 10.0. The van der Waals surface area contributed by atoms with E-state index in [1.54, 1.807) is 6.26 Å². The molecule has 1 N–H and O–H groups in total. The molecular weight excluding hydrogens is 344 g/mol. The summed E-state index contributed by atoms with van der Waals surface area (Å²) in [6.45, 7) is 5.70. The molecule has 0 aliphatic rings. The quantitative estimate of drug-likeness (QED) is 0.310. The van der Waals surface area contributed by atoms with Crippen LogP contribution in [-0.2, 0) is 9.53 Å². The Labute approximate surface area is 151 Å². The predicted octanol–water partition coefficient (Wildman–Crippen LogP) is 3.41. The van der Waals surface area contributed by atoms with Crippen molar-refractivity contribution in [3.05, 3.63) is 33.9 Å². The fraction of sp³-hybridized carbons (Fsp3) is 0.529. The number of hydrogen-bond acceptors (Lipinski definition) is 6. The Hall–Kier alpha value is -2.09. The van der Waals surface area contributed by atoms with E-state index < -0.39 is 17.5 Å². The van der Waals surface area contributed by atoms with Crippen LogP contribution in [0.3, 0.4) is 0 Å². The number of amides is 1. The number of nitro benzene ring substituents is 1. The van der Waals surface area contributed by atoms with Crippen LogP contribution in [0.2, 0.25) is 0 Å². The van der Waals surface area contributed by atoms with Gasteiger partial charge in [-0.2, -0.15) is 0 Å². The lowest BCUT2D eigenvalue weighted by Gasteiger charge is -2.15. The molecule has 0 aliphatic carbocycles. The molecule has 0 saturated heterocycles. The molecule has 0 radical (unpaired) electrons. The van der Waals surface area contributed by atoms with Crippen molar-refractivity contribution in [2.75, 3.05) is 12.9 Å². The Bertz CT molecular complexity index is 633. The van der Waals surface area contributed by atoms with E-state index in [1.165, 1.54) is 23.9 Å². The topological polar surface area (TPSA) is 98.5 Å². The maximum atomic E-state index is 12.0. The van der Waals surface area contributed by atoms with E-state index in [2.05, 4.69) is 19.2 Å². The normalized spacial score (nSPS) is 11.9. The lowest BCUT2D eigenvalue weighted by Crippen LogP contribution is -2.36. The lowest BCUT2D eigenvalue weighted by molar-refractivity contribution is -0.387. The van der Waals surface area contributed by atoms with E-state index in [0.717, 1.165) is 18.9 Å². The number of nitrogens with zero attached hydrogens (tertiary/aromatic N) is 1. The summed E-state index contributed by atoms with van der Waals surface area (Å²) < 4.78 is 4.94. The van der Waals surface area contributed by atoms with Crippen LogP contribution in [0, 0.1) is 16.0 Å². The summed E-state index contributed by atoms with van der Waals surface area (Å²) in [7, 11) is 0. The van der Waals surface area contributed by atoms with Gasteiger partial charge in [0.15, 0.2) is 6.61 Å². The molecule has 0 aromatic heterocycles. The fourth-order valence-corrected chi connectivity index (χ4v) is 2.69. The number of nitro groups is 1. The monoisotopic (exact) mass is 368 g/mol. The molecule has 1 atom stereocenters. The number of thioether (sulfide) groups is 1. The SMILES string of the molecule is CSc1ccc(C(=O)OCC(=O)N[C@@H](C)CCC(C)C)cc1[N+](=O)[O-]. The maximum absolute atomic E-state index is 12.0. The van der Waals surface area contributed by atoms with Gasteiger partial charge >= 0.3 is 5.97 Å². The summed E-state index contributed by atoms with van der Waals surface area (Å²) in [5, 5.41) is 13.8. The van der Waals surface area contributed by atoms with Crippen LogP contribution in [0.15, 0.2) is 23.1 Å². The zero-order valence-electron chi connectivity index (χ0n) is 14.9. The first-order valence-electron chi connectivity index (χ1n) is 8.03. The summed E-state index contributed by atoms with van der Waals surface area (Å²) in [5.74, 6) is -0.599. The molecule has 0 fully saturated rings. The molecule has 8 heteroatoms. The van der Waals surface area contributed by atoms with Crippen molar-refractivity contribution in [2.45, 2.75) is 44.6 Å². The largest absolute Gasteiger partial charge is 0.452 e. The van der Waals surface area contributed by atoms with Crippen molar-refractivity contribution in [3.63, 3.8) is 0 Å². The second-order valence-corrected chi connectivity index (χ2v) is 7.01. The van der Waals surface area contributed by atoms with E-state index in [9.17, 15) is 19.7 Å². The van der Waals surface area contributed by atoms with Crippen LogP contribution in [0.25, 0.3) is 0 Å². The van der Waals surface area contributed by atoms with Crippen molar-refractivity contribution < 1.29 is 19.2 Å². The van der Waals surface area contributed by atoms with Gasteiger partial charge in [-0.3, -0.25) is 14.9 Å². The molecule has 1 aromatic rings. The Morgan fingerprint density at radius 3 is 2.52 bits per heavy atom. The van der Waals surface area contributed by atoms with Gasteiger partial charge in [0.05, 0.1) is 15.4 Å². The minimum atomic E-state index is -0.763. The third-order valence-electron chi connectivity index (χ3n) is 3.53. The van der Waals surface area contributed by atoms with Gasteiger partial charge in [0.1, 0.15) is 0 Å². The molecular formula is C17H24N2O5S. The highest BCUT2D eigenvalue weighted by Crippen LogP contribution is 2.28. The Morgan fingerprint density at radius 1 is 1.28 bits per heavy atom. The Balaban J connectivity index is 2.58. The summed E-state index contributed by atoms with van der Waals surface area (Å²) in [6.07, 6.45) is 3.55. The number of ether oxygens (including phenoxy) is 1. The first-order valence-corrected chi connectivity index (χ1v) is 9.26. The third kappa shape index (κ3) is 7.13. The predicted molar refractivity (Wildman–Crippen MR) is 96.8 cm³/mol. The van der Waals surface area contributed by atoms with Crippen LogP contribution >= 0.6 is 11.8 Å². The average Bonchev–Trinajstić information content (AvgIpc) is 2.57. The first-order chi connectivity index (χ1) is 11.7. The molecule has 0 heterocycles. The molecule has 1 rings (SSSR count).